The quantitative estimate of drug-likeness (QED) is 0.0798. The van der Waals surface area contributed by atoms with Crippen molar-refractivity contribution in [2.45, 2.75) is 137 Å². The lowest BCUT2D eigenvalue weighted by Gasteiger charge is -2.46. The third kappa shape index (κ3) is 9.06. The number of fused-ring (bicyclic) bond motifs is 1. The van der Waals surface area contributed by atoms with Gasteiger partial charge in [0.25, 0.3) is 0 Å². The maximum Gasteiger partial charge on any atom is 0.239 e. The van der Waals surface area contributed by atoms with Crippen molar-refractivity contribution in [1.82, 2.24) is 0 Å². The number of benzene rings is 2. The average molecular weight is 919 g/mol. The van der Waals surface area contributed by atoms with Crippen LogP contribution in [0.2, 0.25) is 0 Å². The predicted molar refractivity (Wildman–Crippen MR) is 204 cm³/mol. The van der Waals surface area contributed by atoms with Crippen LogP contribution in [0.5, 0.6) is 28.7 Å². The van der Waals surface area contributed by atoms with Crippen molar-refractivity contribution >= 4 is 11.0 Å². The van der Waals surface area contributed by atoms with Gasteiger partial charge < -0.3 is 119 Å². The van der Waals surface area contributed by atoms with E-state index in [1.54, 1.807) is 0 Å². The molecule has 0 spiro atoms. The molecule has 64 heavy (non-hydrogen) atoms. The van der Waals surface area contributed by atoms with Crippen LogP contribution in [0.1, 0.15) is 13.8 Å². The molecule has 4 aliphatic rings. The zero-order chi connectivity index (χ0) is 46.6. The Morgan fingerprint density at radius 1 is 0.562 bits per heavy atom. The van der Waals surface area contributed by atoms with E-state index in [1.807, 2.05) is 0 Å². The predicted octanol–water partition coefficient (Wildman–Crippen LogP) is -5.36. The van der Waals surface area contributed by atoms with Gasteiger partial charge in [0.05, 0.1) is 25.4 Å². The number of aliphatic hydroxyl groups is 12. The molecule has 2 aromatic carbocycles. The van der Waals surface area contributed by atoms with Gasteiger partial charge in [-0.1, -0.05) is 0 Å². The highest BCUT2D eigenvalue weighted by Crippen LogP contribution is 2.41. The summed E-state index contributed by atoms with van der Waals surface area (Å²) in [6.07, 6.45) is -34.9. The highest BCUT2D eigenvalue weighted by Gasteiger charge is 2.53. The van der Waals surface area contributed by atoms with E-state index >= 15 is 0 Å². The molecule has 0 bridgehead atoms. The SMILES string of the molecule is CC1O[C@@H](OCC2O[C@@H](Oc3c(-c4ccc(O)c(O)c4)oc4cc(O[C@@H]5OC(C)[C@H](O)C(O)[C@@H]5O)cc(O)c4c3=O)C(O[C@@H]3OC(CO)[C@@H](O)[C@H](O)C3O)[C@@H](O)[C@@H]2O)[C@@H](O)C(O)[C@H]1O. The third-order valence-electron chi connectivity index (χ3n) is 11.5. The molecule has 0 saturated carbocycles. The molecule has 3 aromatic rings. The number of hydrogen-bond acceptors (Lipinski definition) is 25. The second-order valence-electron chi connectivity index (χ2n) is 15.9. The van der Waals surface area contributed by atoms with Crippen molar-refractivity contribution in [2.24, 2.45) is 0 Å². The first kappa shape index (κ1) is 47.9. The molecule has 15 N–H and O–H groups in total. The van der Waals surface area contributed by atoms with Gasteiger partial charge in [0.1, 0.15) is 102 Å². The summed E-state index contributed by atoms with van der Waals surface area (Å²) >= 11 is 0. The van der Waals surface area contributed by atoms with Gasteiger partial charge in [0.15, 0.2) is 35.9 Å². The van der Waals surface area contributed by atoms with Crippen molar-refractivity contribution < 1.29 is 119 Å². The molecule has 0 aliphatic carbocycles. The summed E-state index contributed by atoms with van der Waals surface area (Å²) in [5.41, 5.74) is -1.83. The van der Waals surface area contributed by atoms with E-state index in [-0.39, 0.29) is 11.3 Å². The van der Waals surface area contributed by atoms with E-state index in [0.29, 0.717) is 0 Å². The van der Waals surface area contributed by atoms with Crippen molar-refractivity contribution in [3.8, 4) is 40.1 Å². The first-order valence-corrected chi connectivity index (χ1v) is 19.9. The maximum absolute atomic E-state index is 14.5. The Morgan fingerprint density at radius 3 is 1.78 bits per heavy atom. The Kier molecular flexibility index (Phi) is 14.2. The average Bonchev–Trinajstić information content (AvgIpc) is 3.26. The molecule has 4 saturated heterocycles. The Hall–Kier alpha value is -4.07. The summed E-state index contributed by atoms with van der Waals surface area (Å²) in [6, 6.07) is 5.07. The van der Waals surface area contributed by atoms with Crippen LogP contribution in [0.4, 0.5) is 0 Å². The van der Waals surface area contributed by atoms with Crippen LogP contribution in [-0.4, -0.2) is 213 Å². The Balaban J connectivity index is 1.28. The van der Waals surface area contributed by atoms with Crippen LogP contribution >= 0.6 is 0 Å². The van der Waals surface area contributed by atoms with E-state index in [2.05, 4.69) is 0 Å². The van der Waals surface area contributed by atoms with Crippen LogP contribution in [0.15, 0.2) is 39.5 Å². The molecule has 0 amide bonds. The van der Waals surface area contributed by atoms with Crippen LogP contribution in [-0.2, 0) is 28.4 Å². The second kappa shape index (κ2) is 19.0. The van der Waals surface area contributed by atoms with Crippen molar-refractivity contribution in [2.75, 3.05) is 13.2 Å². The zero-order valence-electron chi connectivity index (χ0n) is 33.6. The lowest BCUT2D eigenvalue weighted by Crippen LogP contribution is -2.65. The Bertz CT molecular complexity index is 2150. The lowest BCUT2D eigenvalue weighted by molar-refractivity contribution is -0.362. The molecular weight excluding hydrogens is 868 g/mol. The van der Waals surface area contributed by atoms with E-state index in [9.17, 15) is 81.4 Å². The molecule has 1 aromatic heterocycles. The van der Waals surface area contributed by atoms with E-state index in [0.717, 1.165) is 30.3 Å². The first-order chi connectivity index (χ1) is 30.2. The minimum Gasteiger partial charge on any atom is -0.507 e. The fourth-order valence-electron chi connectivity index (χ4n) is 7.61. The lowest BCUT2D eigenvalue weighted by atomic mass is 9.97. The van der Waals surface area contributed by atoms with Gasteiger partial charge in [-0.05, 0) is 32.0 Å². The summed E-state index contributed by atoms with van der Waals surface area (Å²) < 4.78 is 51.5. The van der Waals surface area contributed by atoms with E-state index in [1.165, 1.54) is 13.8 Å². The number of aromatic hydroxyl groups is 3. The number of hydrogen-bond donors (Lipinski definition) is 15. The van der Waals surface area contributed by atoms with E-state index < -0.39 is 181 Å². The molecule has 8 unspecified atom stereocenters. The molecule has 25 nitrogen and oxygen atoms in total. The van der Waals surface area contributed by atoms with Gasteiger partial charge >= 0.3 is 0 Å². The van der Waals surface area contributed by atoms with E-state index in [4.69, 9.17) is 42.3 Å². The van der Waals surface area contributed by atoms with Gasteiger partial charge in [0.2, 0.25) is 23.8 Å². The molecule has 25 heteroatoms. The maximum atomic E-state index is 14.5. The summed E-state index contributed by atoms with van der Waals surface area (Å²) in [4.78, 5) is 14.5. The minimum atomic E-state index is -2.16. The van der Waals surface area contributed by atoms with Gasteiger partial charge in [-0.2, -0.15) is 0 Å². The summed E-state index contributed by atoms with van der Waals surface area (Å²) in [7, 11) is 0. The van der Waals surface area contributed by atoms with Crippen molar-refractivity contribution in [1.29, 1.82) is 0 Å². The number of rotatable bonds is 11. The van der Waals surface area contributed by atoms with Crippen molar-refractivity contribution in [3.05, 3.63) is 40.6 Å². The van der Waals surface area contributed by atoms with Gasteiger partial charge in [-0.25, -0.2) is 0 Å². The molecule has 20 atom stereocenters. The summed E-state index contributed by atoms with van der Waals surface area (Å²) in [5, 5.41) is 157. The second-order valence-corrected chi connectivity index (χ2v) is 15.9. The van der Waals surface area contributed by atoms with Gasteiger partial charge in [-0.3, -0.25) is 4.79 Å². The van der Waals surface area contributed by atoms with Crippen molar-refractivity contribution in [3.63, 3.8) is 0 Å². The molecule has 5 heterocycles. The van der Waals surface area contributed by atoms with Crippen LogP contribution in [0, 0.1) is 0 Å². The number of aliphatic hydroxyl groups excluding tert-OH is 12. The zero-order valence-corrected chi connectivity index (χ0v) is 33.6. The third-order valence-corrected chi connectivity index (χ3v) is 11.5. The first-order valence-electron chi connectivity index (χ1n) is 19.9. The van der Waals surface area contributed by atoms with Crippen LogP contribution in [0.3, 0.4) is 0 Å². The highest BCUT2D eigenvalue weighted by atomic mass is 16.8. The highest BCUT2D eigenvalue weighted by molar-refractivity contribution is 5.88. The normalized spacial score (nSPS) is 40.6. The van der Waals surface area contributed by atoms with Crippen LogP contribution in [0.25, 0.3) is 22.3 Å². The molecule has 7 rings (SSSR count). The molecule has 4 aliphatic heterocycles. The summed E-state index contributed by atoms with van der Waals surface area (Å²) in [6.45, 7) is 1.10. The number of phenolic OH excluding ortho intramolecular Hbond substituents is 3. The Labute approximate surface area is 360 Å². The largest absolute Gasteiger partial charge is 0.507 e. The number of ether oxygens (including phenoxy) is 8. The smallest absolute Gasteiger partial charge is 0.239 e. The molecule has 0 radical (unpaired) electrons. The fraction of sp³-hybridized carbons (Fsp3) is 0.615. The fourth-order valence-corrected chi connectivity index (χ4v) is 7.61. The van der Waals surface area contributed by atoms with Gasteiger partial charge in [-0.15, -0.1) is 0 Å². The Morgan fingerprint density at radius 2 is 1.14 bits per heavy atom. The molecule has 4 fully saturated rings. The molecule has 356 valence electrons. The summed E-state index contributed by atoms with van der Waals surface area (Å²) in [5.74, 6) is -3.91. The van der Waals surface area contributed by atoms with Gasteiger partial charge in [0, 0.05) is 17.7 Å². The minimum absolute atomic E-state index is 0.187. The standard InChI is InChI=1S/C39H50O25/c1-10-21(44)26(49)30(53)36(57-10)56-9-19-24(47)29(52)35(64-38-32(55)28(51)23(46)18(8-40)61-38)39(62-19)63-34-25(48)20-16(43)6-13(59-37-31(54)27(50)22(45)11(2)58-37)7-17(20)60-33(34)12-3-4-14(41)15(42)5-12/h3-7,10-11,18-19,21-24,26-32,35-47,49-55H,8-9H2,1-2H3/t10?,11?,18?,19?,21-,22-,23+,24+,26?,27?,28-,29-,30-,31-,32?,35?,36+,37-,38-,39-/m0/s1. The topological polar surface area (TPSA) is 408 Å². The number of phenols is 3. The van der Waals surface area contributed by atoms with Crippen LogP contribution < -0.4 is 14.9 Å². The monoisotopic (exact) mass is 918 g/mol. The molecular formula is C39H50O25.